The molecular formula is C17H20ClN3O3S. The predicted molar refractivity (Wildman–Crippen MR) is 97.8 cm³/mol. The number of pyridine rings is 1. The Morgan fingerprint density at radius 2 is 2.12 bits per heavy atom. The Hall–Kier alpha value is -1.86. The first-order valence-electron chi connectivity index (χ1n) is 8.01. The number of fused-ring (bicyclic) bond motifs is 1. The van der Waals surface area contributed by atoms with Crippen LogP contribution < -0.4 is 10.6 Å². The number of carbonyl (C=O) groups excluding carboxylic acids is 2. The van der Waals surface area contributed by atoms with E-state index in [0.29, 0.717) is 24.4 Å². The van der Waals surface area contributed by atoms with Gasteiger partial charge in [0.1, 0.15) is 11.1 Å². The van der Waals surface area contributed by atoms with Gasteiger partial charge in [-0.2, -0.15) is 0 Å². The number of hydrogen-bond donors (Lipinski definition) is 2. The van der Waals surface area contributed by atoms with Crippen molar-refractivity contribution >= 4 is 45.2 Å². The fourth-order valence-corrected chi connectivity index (χ4v) is 3.64. The van der Waals surface area contributed by atoms with Crippen LogP contribution in [0.15, 0.2) is 18.3 Å². The number of hydrogen-bond acceptors (Lipinski definition) is 5. The molecule has 8 heteroatoms. The number of thiophene rings is 1. The van der Waals surface area contributed by atoms with Gasteiger partial charge < -0.3 is 15.4 Å². The molecule has 3 rings (SSSR count). The summed E-state index contributed by atoms with van der Waals surface area (Å²) in [7, 11) is 0. The lowest BCUT2D eigenvalue weighted by Crippen LogP contribution is -2.50. The van der Waals surface area contributed by atoms with Crippen LogP contribution in [0.2, 0.25) is 5.02 Å². The van der Waals surface area contributed by atoms with Gasteiger partial charge in [-0.25, -0.2) is 4.79 Å². The highest BCUT2D eigenvalue weighted by molar-refractivity contribution is 7.19. The van der Waals surface area contributed by atoms with Gasteiger partial charge in [-0.15, -0.1) is 11.3 Å². The van der Waals surface area contributed by atoms with Crippen LogP contribution in [0.4, 0.5) is 4.79 Å². The maximum Gasteiger partial charge on any atom is 0.408 e. The van der Waals surface area contributed by atoms with Crippen molar-refractivity contribution in [3.8, 4) is 0 Å². The van der Waals surface area contributed by atoms with Crippen LogP contribution in [0.3, 0.4) is 0 Å². The fourth-order valence-electron chi connectivity index (χ4n) is 2.41. The van der Waals surface area contributed by atoms with Gasteiger partial charge in [0.15, 0.2) is 0 Å². The highest BCUT2D eigenvalue weighted by atomic mass is 35.5. The lowest BCUT2D eigenvalue weighted by Gasteiger charge is -2.23. The molecule has 0 bridgehead atoms. The maximum atomic E-state index is 12.5. The van der Waals surface area contributed by atoms with Crippen molar-refractivity contribution < 1.29 is 14.3 Å². The molecule has 1 aliphatic carbocycles. The van der Waals surface area contributed by atoms with E-state index in [9.17, 15) is 9.59 Å². The lowest BCUT2D eigenvalue weighted by atomic mass is 10.2. The highest BCUT2D eigenvalue weighted by Crippen LogP contribution is 2.36. The van der Waals surface area contributed by atoms with Crippen molar-refractivity contribution in [2.45, 2.75) is 51.3 Å². The van der Waals surface area contributed by atoms with Crippen molar-refractivity contribution in [3.63, 3.8) is 0 Å². The van der Waals surface area contributed by atoms with Gasteiger partial charge >= 0.3 is 6.09 Å². The second kappa shape index (κ2) is 6.46. The van der Waals surface area contributed by atoms with Crippen LogP contribution in [0, 0.1) is 0 Å². The summed E-state index contributed by atoms with van der Waals surface area (Å²) in [5.74, 6) is -0.199. The van der Waals surface area contributed by atoms with E-state index in [2.05, 4.69) is 15.6 Å². The minimum absolute atomic E-state index is 0.199. The number of ether oxygens (including phenoxy) is 1. The topological polar surface area (TPSA) is 80.3 Å². The first-order valence-corrected chi connectivity index (χ1v) is 9.20. The Morgan fingerprint density at radius 3 is 2.72 bits per heavy atom. The van der Waals surface area contributed by atoms with Gasteiger partial charge in [-0.1, -0.05) is 11.6 Å². The highest BCUT2D eigenvalue weighted by Gasteiger charge is 2.51. The largest absolute Gasteiger partial charge is 0.444 e. The van der Waals surface area contributed by atoms with Crippen molar-refractivity contribution in [1.29, 1.82) is 0 Å². The smallest absolute Gasteiger partial charge is 0.408 e. The molecule has 2 N–H and O–H groups in total. The molecule has 0 atom stereocenters. The van der Waals surface area contributed by atoms with Crippen LogP contribution in [0.1, 0.15) is 38.5 Å². The van der Waals surface area contributed by atoms with E-state index in [0.717, 1.165) is 15.1 Å². The number of nitrogens with zero attached hydrogens (tertiary/aromatic N) is 1. The van der Waals surface area contributed by atoms with E-state index < -0.39 is 17.2 Å². The number of rotatable bonds is 4. The van der Waals surface area contributed by atoms with E-state index in [-0.39, 0.29) is 5.91 Å². The first kappa shape index (κ1) is 17.9. The molecule has 1 aliphatic rings. The summed E-state index contributed by atoms with van der Waals surface area (Å²) in [6, 6.07) is 3.65. The monoisotopic (exact) mass is 381 g/mol. The Bertz CT molecular complexity index is 824. The number of carbonyl (C=O) groups is 2. The first-order chi connectivity index (χ1) is 11.7. The summed E-state index contributed by atoms with van der Waals surface area (Å²) in [5.41, 5.74) is -0.635. The third-order valence-corrected chi connectivity index (χ3v) is 5.35. The number of aromatic nitrogens is 1. The summed E-state index contributed by atoms with van der Waals surface area (Å²) in [4.78, 5) is 29.6. The predicted octanol–water partition coefficient (Wildman–Crippen LogP) is 3.62. The molecule has 0 saturated heterocycles. The molecule has 2 aromatic rings. The average Bonchev–Trinajstić information content (AvgIpc) is 3.13. The minimum atomic E-state index is -0.852. The summed E-state index contributed by atoms with van der Waals surface area (Å²) in [6.07, 6.45) is 2.30. The van der Waals surface area contributed by atoms with E-state index in [1.165, 1.54) is 11.3 Å². The number of alkyl carbamates (subject to hydrolysis) is 1. The third kappa shape index (κ3) is 4.22. The molecule has 1 fully saturated rings. The Kier molecular flexibility index (Phi) is 4.64. The number of halogens is 1. The van der Waals surface area contributed by atoms with Crippen LogP contribution in [0.25, 0.3) is 10.2 Å². The molecule has 0 aliphatic heterocycles. The van der Waals surface area contributed by atoms with Gasteiger partial charge in [-0.05, 0) is 45.7 Å². The summed E-state index contributed by atoms with van der Waals surface area (Å²) in [5, 5.41) is 6.22. The zero-order valence-corrected chi connectivity index (χ0v) is 15.9. The summed E-state index contributed by atoms with van der Waals surface area (Å²) in [6.45, 7) is 5.72. The van der Waals surface area contributed by atoms with E-state index >= 15 is 0 Å². The third-order valence-electron chi connectivity index (χ3n) is 3.76. The van der Waals surface area contributed by atoms with E-state index in [4.69, 9.17) is 16.3 Å². The normalized spacial score (nSPS) is 15.7. The zero-order valence-electron chi connectivity index (χ0n) is 14.3. The number of nitrogens with one attached hydrogen (secondary N) is 2. The minimum Gasteiger partial charge on any atom is -0.444 e. The second-order valence-electron chi connectivity index (χ2n) is 7.11. The molecule has 134 valence electrons. The van der Waals surface area contributed by atoms with E-state index in [1.807, 2.05) is 6.07 Å². The molecule has 0 unspecified atom stereocenters. The van der Waals surface area contributed by atoms with Gasteiger partial charge in [0.25, 0.3) is 0 Å². The van der Waals surface area contributed by atoms with Gasteiger partial charge in [0.2, 0.25) is 5.91 Å². The van der Waals surface area contributed by atoms with Crippen LogP contribution in [0.5, 0.6) is 0 Å². The number of amides is 2. The van der Waals surface area contributed by atoms with Gasteiger partial charge in [0.05, 0.1) is 21.8 Å². The standard InChI is InChI=1S/C17H20ClN3O3S/c1-16(2,3)24-15(23)21-17(5-6-17)14(22)20-9-10-8-12-13(25-10)11(18)4-7-19-12/h4,7-8H,5-6,9H2,1-3H3,(H,20,22)(H,21,23). The Balaban J connectivity index is 1.60. The van der Waals surface area contributed by atoms with Crippen LogP contribution >= 0.6 is 22.9 Å². The van der Waals surface area contributed by atoms with Crippen molar-refractivity contribution in [2.75, 3.05) is 0 Å². The van der Waals surface area contributed by atoms with Crippen molar-refractivity contribution in [3.05, 3.63) is 28.2 Å². The Labute approximate surface area is 154 Å². The molecule has 0 radical (unpaired) electrons. The molecule has 25 heavy (non-hydrogen) atoms. The molecule has 0 spiro atoms. The maximum absolute atomic E-state index is 12.5. The SMILES string of the molecule is CC(C)(C)OC(=O)NC1(C(=O)NCc2cc3nccc(Cl)c3s2)CC1. The zero-order chi connectivity index (χ0) is 18.2. The average molecular weight is 382 g/mol. The molecule has 6 nitrogen and oxygen atoms in total. The molecule has 2 heterocycles. The van der Waals surface area contributed by atoms with Crippen molar-refractivity contribution in [1.82, 2.24) is 15.6 Å². The van der Waals surface area contributed by atoms with Crippen LogP contribution in [-0.2, 0) is 16.1 Å². The summed E-state index contributed by atoms with van der Waals surface area (Å²) >= 11 is 7.64. The van der Waals surface area contributed by atoms with Gasteiger partial charge in [-0.3, -0.25) is 9.78 Å². The van der Waals surface area contributed by atoms with Crippen molar-refractivity contribution in [2.24, 2.45) is 0 Å². The Morgan fingerprint density at radius 1 is 1.40 bits per heavy atom. The molecule has 1 saturated carbocycles. The summed E-state index contributed by atoms with van der Waals surface area (Å²) < 4.78 is 6.13. The van der Waals surface area contributed by atoms with Crippen LogP contribution in [-0.4, -0.2) is 28.1 Å². The fraction of sp³-hybridized carbons (Fsp3) is 0.471. The molecule has 2 aromatic heterocycles. The second-order valence-corrected chi connectivity index (χ2v) is 8.66. The quantitative estimate of drug-likeness (QED) is 0.847. The molecular weight excluding hydrogens is 362 g/mol. The lowest BCUT2D eigenvalue weighted by molar-refractivity contribution is -0.124. The van der Waals surface area contributed by atoms with E-state index in [1.54, 1.807) is 33.0 Å². The molecule has 0 aromatic carbocycles. The van der Waals surface area contributed by atoms with Gasteiger partial charge in [0, 0.05) is 11.1 Å². The molecule has 2 amide bonds.